The second-order valence-corrected chi connectivity index (χ2v) is 7.60. The number of aryl methyl sites for hydroxylation is 1. The van der Waals surface area contributed by atoms with Crippen molar-refractivity contribution in [1.82, 2.24) is 4.31 Å². The van der Waals surface area contributed by atoms with Crippen molar-refractivity contribution in [2.24, 2.45) is 5.73 Å². The van der Waals surface area contributed by atoms with Crippen molar-refractivity contribution >= 4 is 15.9 Å². The number of nitrogens with zero attached hydrogens (tertiary/aromatic N) is 1. The van der Waals surface area contributed by atoms with Crippen LogP contribution in [0.2, 0.25) is 0 Å². The first kappa shape index (κ1) is 16.0. The van der Waals surface area contributed by atoms with Gasteiger partial charge in [-0.25, -0.2) is 8.42 Å². The molecule has 0 unspecified atom stereocenters. The molecule has 2 rings (SSSR count). The maximum atomic E-state index is 12.6. The Morgan fingerprint density at radius 2 is 1.86 bits per heavy atom. The largest absolute Gasteiger partial charge is 0.387 e. The maximum Gasteiger partial charge on any atom is 0.215 e. The standard InChI is InChI=1S/C15H23N3O2S/c16-15(17)12-18(14-8-4-5-9-14)21(19,20)11-10-13-6-2-1-3-7-13/h1-3,6-7,14H,4-5,8-12H2,(H3,16,17). The first-order valence-corrected chi connectivity index (χ1v) is 8.96. The van der Waals surface area contributed by atoms with E-state index in [2.05, 4.69) is 0 Å². The third-order valence-electron chi connectivity index (χ3n) is 3.91. The van der Waals surface area contributed by atoms with E-state index in [1.54, 1.807) is 0 Å². The number of sulfonamides is 1. The smallest absolute Gasteiger partial charge is 0.215 e. The zero-order valence-corrected chi connectivity index (χ0v) is 13.0. The highest BCUT2D eigenvalue weighted by Gasteiger charge is 2.32. The molecule has 0 heterocycles. The molecular weight excluding hydrogens is 286 g/mol. The Bertz CT molecular complexity index is 566. The van der Waals surface area contributed by atoms with Crippen LogP contribution in [-0.2, 0) is 16.4 Å². The summed E-state index contributed by atoms with van der Waals surface area (Å²) in [4.78, 5) is 0. The van der Waals surface area contributed by atoms with Crippen LogP contribution in [0.4, 0.5) is 0 Å². The molecule has 0 radical (unpaired) electrons. The molecule has 1 aromatic carbocycles. The van der Waals surface area contributed by atoms with Crippen LogP contribution in [0.15, 0.2) is 30.3 Å². The molecule has 0 bridgehead atoms. The number of nitrogens with two attached hydrogens (primary N) is 1. The summed E-state index contributed by atoms with van der Waals surface area (Å²) in [6, 6.07) is 9.60. The zero-order chi connectivity index (χ0) is 15.3. The third-order valence-corrected chi connectivity index (χ3v) is 5.77. The predicted molar refractivity (Wildman–Crippen MR) is 84.8 cm³/mol. The number of nitrogens with one attached hydrogen (secondary N) is 1. The molecule has 116 valence electrons. The van der Waals surface area contributed by atoms with Gasteiger partial charge in [0.25, 0.3) is 0 Å². The van der Waals surface area contributed by atoms with Gasteiger partial charge >= 0.3 is 0 Å². The third kappa shape index (κ3) is 4.54. The highest BCUT2D eigenvalue weighted by atomic mass is 32.2. The van der Waals surface area contributed by atoms with E-state index in [0.29, 0.717) is 6.42 Å². The molecule has 1 aromatic rings. The average molecular weight is 309 g/mol. The normalized spacial score (nSPS) is 16.4. The van der Waals surface area contributed by atoms with E-state index in [1.807, 2.05) is 30.3 Å². The van der Waals surface area contributed by atoms with Gasteiger partial charge < -0.3 is 5.73 Å². The van der Waals surface area contributed by atoms with E-state index in [-0.39, 0.29) is 24.2 Å². The summed E-state index contributed by atoms with van der Waals surface area (Å²) in [7, 11) is -3.39. The van der Waals surface area contributed by atoms with Gasteiger partial charge in [-0.3, -0.25) is 5.41 Å². The summed E-state index contributed by atoms with van der Waals surface area (Å²) in [6.45, 7) is 0.0157. The number of benzene rings is 1. The van der Waals surface area contributed by atoms with E-state index in [1.165, 1.54) is 4.31 Å². The number of amidine groups is 1. The van der Waals surface area contributed by atoms with Crippen molar-refractivity contribution in [3.05, 3.63) is 35.9 Å². The van der Waals surface area contributed by atoms with Crippen LogP contribution in [0.3, 0.4) is 0 Å². The van der Waals surface area contributed by atoms with Crippen LogP contribution in [0.25, 0.3) is 0 Å². The topological polar surface area (TPSA) is 87.2 Å². The molecule has 0 spiro atoms. The second-order valence-electron chi connectivity index (χ2n) is 5.56. The van der Waals surface area contributed by atoms with Crippen LogP contribution in [0.5, 0.6) is 0 Å². The Labute approximate surface area is 126 Å². The molecule has 6 heteroatoms. The minimum atomic E-state index is -3.39. The predicted octanol–water partition coefficient (Wildman–Crippen LogP) is 1.74. The van der Waals surface area contributed by atoms with Gasteiger partial charge in [0.05, 0.1) is 12.3 Å². The summed E-state index contributed by atoms with van der Waals surface area (Å²) in [5.41, 5.74) is 6.45. The van der Waals surface area contributed by atoms with Gasteiger partial charge in [-0.15, -0.1) is 0 Å². The Kier molecular flexibility index (Phi) is 5.36. The summed E-state index contributed by atoms with van der Waals surface area (Å²) >= 11 is 0. The molecule has 21 heavy (non-hydrogen) atoms. The van der Waals surface area contributed by atoms with E-state index in [4.69, 9.17) is 11.1 Å². The van der Waals surface area contributed by atoms with Crippen LogP contribution < -0.4 is 5.73 Å². The fourth-order valence-corrected chi connectivity index (χ4v) is 4.55. The van der Waals surface area contributed by atoms with Crippen molar-refractivity contribution in [2.75, 3.05) is 12.3 Å². The van der Waals surface area contributed by atoms with Crippen LogP contribution >= 0.6 is 0 Å². The lowest BCUT2D eigenvalue weighted by Gasteiger charge is -2.27. The summed E-state index contributed by atoms with van der Waals surface area (Å²) in [6.07, 6.45) is 4.33. The first-order chi connectivity index (χ1) is 9.99. The molecule has 0 aliphatic heterocycles. The van der Waals surface area contributed by atoms with E-state index >= 15 is 0 Å². The molecule has 0 atom stereocenters. The Morgan fingerprint density at radius 1 is 1.24 bits per heavy atom. The molecule has 5 nitrogen and oxygen atoms in total. The Hall–Kier alpha value is -1.40. The van der Waals surface area contributed by atoms with Crippen molar-refractivity contribution in [1.29, 1.82) is 5.41 Å². The molecule has 1 aliphatic rings. The fourth-order valence-electron chi connectivity index (χ4n) is 2.82. The molecule has 3 N–H and O–H groups in total. The first-order valence-electron chi connectivity index (χ1n) is 7.35. The average Bonchev–Trinajstić information content (AvgIpc) is 2.97. The SMILES string of the molecule is N=C(N)CN(C1CCCC1)S(=O)(=O)CCc1ccccc1. The van der Waals surface area contributed by atoms with E-state index < -0.39 is 10.0 Å². The molecular formula is C15H23N3O2S. The molecule has 0 amide bonds. The highest BCUT2D eigenvalue weighted by molar-refractivity contribution is 7.89. The molecule has 0 aromatic heterocycles. The zero-order valence-electron chi connectivity index (χ0n) is 12.2. The second kappa shape index (κ2) is 7.04. The Morgan fingerprint density at radius 3 is 2.43 bits per heavy atom. The van der Waals surface area contributed by atoms with E-state index in [0.717, 1.165) is 31.2 Å². The molecule has 1 aliphatic carbocycles. The fraction of sp³-hybridized carbons (Fsp3) is 0.533. The van der Waals surface area contributed by atoms with Gasteiger partial charge in [0, 0.05) is 6.04 Å². The molecule has 1 fully saturated rings. The quantitative estimate of drug-likeness (QED) is 0.594. The number of hydrogen-bond acceptors (Lipinski definition) is 3. The van der Waals surface area contributed by atoms with Gasteiger partial charge in [0.15, 0.2) is 0 Å². The van der Waals surface area contributed by atoms with E-state index in [9.17, 15) is 8.42 Å². The van der Waals surface area contributed by atoms with Gasteiger partial charge in [0.1, 0.15) is 5.84 Å². The van der Waals surface area contributed by atoms with Crippen LogP contribution in [0, 0.1) is 5.41 Å². The lowest BCUT2D eigenvalue weighted by molar-refractivity contribution is 0.353. The van der Waals surface area contributed by atoms with Crippen LogP contribution in [0.1, 0.15) is 31.2 Å². The molecule has 1 saturated carbocycles. The lowest BCUT2D eigenvalue weighted by Crippen LogP contribution is -2.45. The lowest BCUT2D eigenvalue weighted by atomic mass is 10.2. The van der Waals surface area contributed by atoms with Crippen molar-refractivity contribution < 1.29 is 8.42 Å². The summed E-state index contributed by atoms with van der Waals surface area (Å²) < 4.78 is 26.7. The van der Waals surface area contributed by atoms with Gasteiger partial charge in [-0.05, 0) is 24.8 Å². The summed E-state index contributed by atoms with van der Waals surface area (Å²) in [5.74, 6) is -0.0222. The number of rotatable bonds is 7. The van der Waals surface area contributed by atoms with Gasteiger partial charge in [0.2, 0.25) is 10.0 Å². The maximum absolute atomic E-state index is 12.6. The van der Waals surface area contributed by atoms with Crippen molar-refractivity contribution in [2.45, 2.75) is 38.1 Å². The summed E-state index contributed by atoms with van der Waals surface area (Å²) in [5, 5.41) is 7.44. The molecule has 0 saturated heterocycles. The Balaban J connectivity index is 2.07. The van der Waals surface area contributed by atoms with Crippen molar-refractivity contribution in [3.8, 4) is 0 Å². The minimum absolute atomic E-state index is 0.00896. The van der Waals surface area contributed by atoms with Gasteiger partial charge in [-0.1, -0.05) is 43.2 Å². The number of hydrogen-bond donors (Lipinski definition) is 2. The van der Waals surface area contributed by atoms with Gasteiger partial charge in [-0.2, -0.15) is 4.31 Å². The van der Waals surface area contributed by atoms with Crippen molar-refractivity contribution in [3.63, 3.8) is 0 Å². The monoisotopic (exact) mass is 309 g/mol. The highest BCUT2D eigenvalue weighted by Crippen LogP contribution is 2.26. The minimum Gasteiger partial charge on any atom is -0.387 e. The van der Waals surface area contributed by atoms with Crippen LogP contribution in [-0.4, -0.2) is 36.9 Å².